The van der Waals surface area contributed by atoms with Gasteiger partial charge in [0.05, 0.1) is 0 Å². The Hall–Kier alpha value is -6.33. The minimum Gasteiger partial charge on any atom is -0.456 e. The second-order valence-corrected chi connectivity index (χ2v) is 11.6. The molecule has 0 aliphatic carbocycles. The molecular formula is C41H23N3O2. The summed E-state index contributed by atoms with van der Waals surface area (Å²) in [6.07, 6.45) is 0. The van der Waals surface area contributed by atoms with Gasteiger partial charge in [0.15, 0.2) is 17.5 Å². The Kier molecular flexibility index (Phi) is 5.22. The smallest absolute Gasteiger partial charge is 0.164 e. The van der Waals surface area contributed by atoms with E-state index in [-0.39, 0.29) is 0 Å². The minimum absolute atomic E-state index is 0.584. The summed E-state index contributed by atoms with van der Waals surface area (Å²) < 4.78 is 12.8. The number of fused-ring (bicyclic) bond motifs is 8. The Morgan fingerprint density at radius 2 is 0.783 bits per heavy atom. The third-order valence-electron chi connectivity index (χ3n) is 8.88. The highest BCUT2D eigenvalue weighted by molar-refractivity contribution is 6.16. The molecule has 3 heterocycles. The molecule has 46 heavy (non-hydrogen) atoms. The molecular weight excluding hydrogens is 566 g/mol. The van der Waals surface area contributed by atoms with Crippen LogP contribution in [-0.4, -0.2) is 15.0 Å². The van der Waals surface area contributed by atoms with Crippen LogP contribution in [0.4, 0.5) is 0 Å². The lowest BCUT2D eigenvalue weighted by Crippen LogP contribution is -2.00. The molecule has 7 aromatic carbocycles. The van der Waals surface area contributed by atoms with E-state index in [1.54, 1.807) is 0 Å². The lowest BCUT2D eigenvalue weighted by molar-refractivity contribution is 0.669. The van der Waals surface area contributed by atoms with Crippen molar-refractivity contribution in [1.82, 2.24) is 15.0 Å². The SMILES string of the molecule is c1ccc(-c2nc(-c3cccc4oc5cc6ccccc6cc5c34)nc(-c3cccc4oc5cc6ccccc6cc5c34)n2)cc1. The van der Waals surface area contributed by atoms with Gasteiger partial charge in [-0.05, 0) is 57.9 Å². The summed E-state index contributed by atoms with van der Waals surface area (Å²) in [5.74, 6) is 1.77. The van der Waals surface area contributed by atoms with Crippen molar-refractivity contribution < 1.29 is 8.83 Å². The van der Waals surface area contributed by atoms with Crippen molar-refractivity contribution >= 4 is 65.4 Å². The molecule has 5 heteroatoms. The summed E-state index contributed by atoms with van der Waals surface area (Å²) in [5.41, 5.74) is 5.95. The van der Waals surface area contributed by atoms with Crippen LogP contribution in [0.3, 0.4) is 0 Å². The van der Waals surface area contributed by atoms with Crippen LogP contribution in [0.25, 0.3) is 99.6 Å². The lowest BCUT2D eigenvalue weighted by Gasteiger charge is -2.10. The Balaban J connectivity index is 1.27. The summed E-state index contributed by atoms with van der Waals surface area (Å²) in [4.78, 5) is 15.4. The highest BCUT2D eigenvalue weighted by Crippen LogP contribution is 2.40. The van der Waals surface area contributed by atoms with Crippen molar-refractivity contribution in [3.63, 3.8) is 0 Å². The molecule has 0 N–H and O–H groups in total. The fraction of sp³-hybridized carbons (Fsp3) is 0. The van der Waals surface area contributed by atoms with Crippen molar-refractivity contribution in [2.45, 2.75) is 0 Å². The first-order valence-corrected chi connectivity index (χ1v) is 15.3. The van der Waals surface area contributed by atoms with Gasteiger partial charge in [-0.15, -0.1) is 0 Å². The van der Waals surface area contributed by atoms with E-state index in [9.17, 15) is 0 Å². The number of hydrogen-bond acceptors (Lipinski definition) is 5. The summed E-state index contributed by atoms with van der Waals surface area (Å²) in [6.45, 7) is 0. The molecule has 0 fully saturated rings. The van der Waals surface area contributed by atoms with Crippen molar-refractivity contribution in [1.29, 1.82) is 0 Å². The van der Waals surface area contributed by atoms with Gasteiger partial charge in [-0.3, -0.25) is 0 Å². The molecule has 0 bridgehead atoms. The van der Waals surface area contributed by atoms with Crippen LogP contribution >= 0.6 is 0 Å². The second-order valence-electron chi connectivity index (χ2n) is 11.6. The Labute approximate surface area is 262 Å². The fourth-order valence-corrected chi connectivity index (χ4v) is 6.73. The molecule has 214 valence electrons. The van der Waals surface area contributed by atoms with Crippen molar-refractivity contribution in [3.8, 4) is 34.2 Å². The number of hydrogen-bond donors (Lipinski definition) is 0. The Morgan fingerprint density at radius 3 is 1.28 bits per heavy atom. The highest BCUT2D eigenvalue weighted by Gasteiger charge is 2.21. The number of furan rings is 2. The Bertz CT molecular complexity index is 2640. The van der Waals surface area contributed by atoms with E-state index in [0.29, 0.717) is 17.5 Å². The number of rotatable bonds is 3. The molecule has 0 unspecified atom stereocenters. The van der Waals surface area contributed by atoms with Gasteiger partial charge in [-0.1, -0.05) is 103 Å². The van der Waals surface area contributed by atoms with Crippen molar-refractivity contribution in [2.75, 3.05) is 0 Å². The quantitative estimate of drug-likeness (QED) is 0.205. The molecule has 0 saturated carbocycles. The minimum atomic E-state index is 0.584. The maximum absolute atomic E-state index is 6.40. The molecule has 0 spiro atoms. The molecule has 0 aliphatic rings. The van der Waals surface area contributed by atoms with Crippen molar-refractivity contribution in [3.05, 3.63) is 140 Å². The summed E-state index contributed by atoms with van der Waals surface area (Å²) in [5, 5.41) is 8.61. The van der Waals surface area contributed by atoms with Gasteiger partial charge in [-0.25, -0.2) is 15.0 Å². The predicted octanol–water partition coefficient (Wildman–Crippen LogP) is 11.0. The molecule has 0 amide bonds. The molecule has 5 nitrogen and oxygen atoms in total. The summed E-state index contributed by atoms with van der Waals surface area (Å²) in [7, 11) is 0. The maximum atomic E-state index is 6.40. The van der Waals surface area contributed by atoms with E-state index in [1.165, 1.54) is 0 Å². The van der Waals surface area contributed by atoms with Gasteiger partial charge in [0.2, 0.25) is 0 Å². The van der Waals surface area contributed by atoms with E-state index in [1.807, 2.05) is 66.7 Å². The fourth-order valence-electron chi connectivity index (χ4n) is 6.73. The molecule has 10 aromatic rings. The maximum Gasteiger partial charge on any atom is 0.164 e. The first kappa shape index (κ1) is 25.0. The zero-order valence-electron chi connectivity index (χ0n) is 24.4. The lowest BCUT2D eigenvalue weighted by atomic mass is 10.0. The highest BCUT2D eigenvalue weighted by atomic mass is 16.3. The zero-order valence-corrected chi connectivity index (χ0v) is 24.4. The van der Waals surface area contributed by atoms with E-state index >= 15 is 0 Å². The molecule has 0 atom stereocenters. The van der Waals surface area contributed by atoms with Crippen molar-refractivity contribution in [2.24, 2.45) is 0 Å². The van der Waals surface area contributed by atoms with E-state index in [4.69, 9.17) is 23.8 Å². The van der Waals surface area contributed by atoms with Crippen LogP contribution in [0, 0.1) is 0 Å². The van der Waals surface area contributed by atoms with Crippen LogP contribution in [-0.2, 0) is 0 Å². The normalized spacial score (nSPS) is 11.9. The van der Waals surface area contributed by atoms with Gasteiger partial charge in [0.25, 0.3) is 0 Å². The largest absolute Gasteiger partial charge is 0.456 e. The van der Waals surface area contributed by atoms with Gasteiger partial charge in [0.1, 0.15) is 22.3 Å². The Morgan fingerprint density at radius 1 is 0.348 bits per heavy atom. The first-order chi connectivity index (χ1) is 22.8. The monoisotopic (exact) mass is 589 g/mol. The predicted molar refractivity (Wildman–Crippen MR) is 186 cm³/mol. The number of benzene rings is 7. The van der Waals surface area contributed by atoms with Gasteiger partial charge < -0.3 is 8.83 Å². The van der Waals surface area contributed by atoms with Crippen LogP contribution in [0.1, 0.15) is 0 Å². The zero-order chi connectivity index (χ0) is 30.2. The van der Waals surface area contributed by atoms with Crippen LogP contribution in [0.5, 0.6) is 0 Å². The molecule has 0 saturated heterocycles. The van der Waals surface area contributed by atoms with Crippen LogP contribution < -0.4 is 0 Å². The molecule has 10 rings (SSSR count). The topological polar surface area (TPSA) is 65.0 Å². The van der Waals surface area contributed by atoms with E-state index in [2.05, 4.69) is 72.8 Å². The number of aromatic nitrogens is 3. The third-order valence-corrected chi connectivity index (χ3v) is 8.88. The van der Waals surface area contributed by atoms with Crippen LogP contribution in [0.15, 0.2) is 148 Å². The van der Waals surface area contributed by atoms with E-state index in [0.717, 1.165) is 82.1 Å². The van der Waals surface area contributed by atoms with Gasteiger partial charge in [0, 0.05) is 38.2 Å². The number of nitrogens with zero attached hydrogens (tertiary/aromatic N) is 3. The van der Waals surface area contributed by atoms with Gasteiger partial charge >= 0.3 is 0 Å². The van der Waals surface area contributed by atoms with Gasteiger partial charge in [-0.2, -0.15) is 0 Å². The molecule has 3 aromatic heterocycles. The average Bonchev–Trinajstić information content (AvgIpc) is 3.67. The molecule has 0 radical (unpaired) electrons. The first-order valence-electron chi connectivity index (χ1n) is 15.3. The molecule has 0 aliphatic heterocycles. The summed E-state index contributed by atoms with van der Waals surface area (Å²) in [6, 6.07) is 47.5. The second kappa shape index (κ2) is 9.58. The third kappa shape index (κ3) is 3.79. The van der Waals surface area contributed by atoms with E-state index < -0.39 is 0 Å². The standard InChI is InChI=1S/C41H23N3O2/c1-2-10-24(11-3-1)39-42-40(29-16-8-18-33-37(29)31-20-25-12-4-6-14-27(25)22-35(31)45-33)44-41(43-39)30-17-9-19-34-38(30)32-21-26-13-5-7-15-28(26)23-36(32)46-34/h1-23H. The van der Waals surface area contributed by atoms with Crippen LogP contribution in [0.2, 0.25) is 0 Å². The average molecular weight is 590 g/mol. The summed E-state index contributed by atoms with van der Waals surface area (Å²) >= 11 is 0.